The van der Waals surface area contributed by atoms with E-state index < -0.39 is 0 Å². The largest absolute Gasteiger partial charge is 0.341 e. The summed E-state index contributed by atoms with van der Waals surface area (Å²) >= 11 is 0. The molecule has 4 heterocycles. The maximum Gasteiger partial charge on any atom is 0.231 e. The third-order valence-corrected chi connectivity index (χ3v) is 9.11. The summed E-state index contributed by atoms with van der Waals surface area (Å²) in [6.45, 7) is 18.2. The first-order chi connectivity index (χ1) is 16.0. The number of aromatic nitrogens is 3. The highest BCUT2D eigenvalue weighted by Gasteiger charge is 2.29. The zero-order chi connectivity index (χ0) is 23.4. The van der Waals surface area contributed by atoms with Crippen LogP contribution >= 0.6 is 0 Å². The fourth-order valence-corrected chi connectivity index (χ4v) is 6.08. The molecule has 3 aliphatic heterocycles. The first kappa shape index (κ1) is 24.5. The van der Waals surface area contributed by atoms with Crippen molar-refractivity contribution in [2.75, 3.05) is 54.0 Å². The Morgan fingerprint density at radius 2 is 1.03 bits per heavy atom. The van der Waals surface area contributed by atoms with Crippen molar-refractivity contribution >= 4 is 17.8 Å². The number of nitrogens with zero attached hydrogens (tertiary/aromatic N) is 6. The molecule has 4 rings (SSSR count). The highest BCUT2D eigenvalue weighted by molar-refractivity contribution is 5.47. The summed E-state index contributed by atoms with van der Waals surface area (Å²) in [6, 6.07) is 0. The van der Waals surface area contributed by atoms with Crippen LogP contribution < -0.4 is 14.7 Å². The average molecular weight is 457 g/mol. The highest BCUT2D eigenvalue weighted by Crippen LogP contribution is 2.32. The fraction of sp³-hybridized carbons (Fsp3) is 0.889. The molecule has 0 aromatic carbocycles. The predicted octanol–water partition coefficient (Wildman–Crippen LogP) is 5.63. The zero-order valence-corrected chi connectivity index (χ0v) is 22.0. The molecule has 0 radical (unpaired) electrons. The minimum absolute atomic E-state index is 0.767. The molecule has 0 saturated carbocycles. The number of anilines is 3. The van der Waals surface area contributed by atoms with Gasteiger partial charge in [0.15, 0.2) is 0 Å². The van der Waals surface area contributed by atoms with E-state index in [0.29, 0.717) is 0 Å². The van der Waals surface area contributed by atoms with Gasteiger partial charge < -0.3 is 14.7 Å². The van der Waals surface area contributed by atoms with Crippen LogP contribution in [-0.4, -0.2) is 54.2 Å². The molecular weight excluding hydrogens is 408 g/mol. The Morgan fingerprint density at radius 1 is 0.636 bits per heavy atom. The molecule has 1 aromatic rings. The number of rotatable bonds is 7. The molecule has 0 aliphatic carbocycles. The summed E-state index contributed by atoms with van der Waals surface area (Å²) in [5, 5.41) is 0. The summed E-state index contributed by atoms with van der Waals surface area (Å²) < 4.78 is 0. The van der Waals surface area contributed by atoms with Gasteiger partial charge in [-0.25, -0.2) is 0 Å². The molecule has 186 valence electrons. The minimum Gasteiger partial charge on any atom is -0.341 e. The van der Waals surface area contributed by atoms with Crippen LogP contribution in [-0.2, 0) is 0 Å². The van der Waals surface area contributed by atoms with E-state index in [1.807, 2.05) is 0 Å². The van der Waals surface area contributed by atoms with Crippen molar-refractivity contribution in [2.24, 2.45) is 29.6 Å². The van der Waals surface area contributed by atoms with Crippen molar-refractivity contribution in [2.45, 2.75) is 86.0 Å². The Bertz CT molecular complexity index is 728. The summed E-state index contributed by atoms with van der Waals surface area (Å²) in [6.07, 6.45) is 10.1. The van der Waals surface area contributed by atoms with Crippen molar-refractivity contribution in [1.29, 1.82) is 0 Å². The van der Waals surface area contributed by atoms with E-state index in [2.05, 4.69) is 49.3 Å². The Morgan fingerprint density at radius 3 is 1.39 bits per heavy atom. The van der Waals surface area contributed by atoms with E-state index in [4.69, 9.17) is 15.0 Å². The van der Waals surface area contributed by atoms with Crippen LogP contribution in [0, 0.1) is 29.6 Å². The van der Waals surface area contributed by atoms with Crippen molar-refractivity contribution in [3.05, 3.63) is 0 Å². The molecule has 0 amide bonds. The molecule has 0 spiro atoms. The van der Waals surface area contributed by atoms with Gasteiger partial charge in [-0.1, -0.05) is 47.5 Å². The summed E-state index contributed by atoms with van der Waals surface area (Å²) in [4.78, 5) is 22.5. The molecule has 6 nitrogen and oxygen atoms in total. The SMILES string of the molecule is CCC1CCN(c2nc(N3CCC(C(C)C)CC3)nc(N3CCC(C(C)CC)CC3)n2)CC1. The third kappa shape index (κ3) is 5.92. The van der Waals surface area contributed by atoms with Gasteiger partial charge in [0.2, 0.25) is 17.8 Å². The first-order valence-electron chi connectivity index (χ1n) is 14.0. The van der Waals surface area contributed by atoms with Crippen LogP contribution in [0.25, 0.3) is 0 Å². The minimum atomic E-state index is 0.767. The second-order valence-electron chi connectivity index (χ2n) is 11.4. The lowest BCUT2D eigenvalue weighted by Crippen LogP contribution is -2.40. The van der Waals surface area contributed by atoms with E-state index in [1.165, 1.54) is 51.4 Å². The van der Waals surface area contributed by atoms with Gasteiger partial charge in [-0.2, -0.15) is 15.0 Å². The van der Waals surface area contributed by atoms with Gasteiger partial charge in [-0.15, -0.1) is 0 Å². The Labute approximate surface area is 202 Å². The number of piperidine rings is 3. The van der Waals surface area contributed by atoms with E-state index in [-0.39, 0.29) is 0 Å². The van der Waals surface area contributed by atoms with Gasteiger partial charge in [-0.3, -0.25) is 0 Å². The van der Waals surface area contributed by atoms with Gasteiger partial charge in [0.25, 0.3) is 0 Å². The third-order valence-electron chi connectivity index (χ3n) is 9.11. The Kier molecular flexibility index (Phi) is 8.34. The number of hydrogen-bond donors (Lipinski definition) is 0. The second-order valence-corrected chi connectivity index (χ2v) is 11.4. The molecule has 3 saturated heterocycles. The van der Waals surface area contributed by atoms with Gasteiger partial charge in [0.1, 0.15) is 0 Å². The van der Waals surface area contributed by atoms with Crippen LogP contribution in [0.3, 0.4) is 0 Å². The van der Waals surface area contributed by atoms with E-state index in [1.54, 1.807) is 0 Å². The maximum absolute atomic E-state index is 5.07. The van der Waals surface area contributed by atoms with Crippen molar-refractivity contribution in [1.82, 2.24) is 15.0 Å². The summed E-state index contributed by atoms with van der Waals surface area (Å²) in [5.41, 5.74) is 0. The molecule has 33 heavy (non-hydrogen) atoms. The van der Waals surface area contributed by atoms with Gasteiger partial charge in [-0.05, 0) is 68.1 Å². The van der Waals surface area contributed by atoms with E-state index in [0.717, 1.165) is 86.7 Å². The molecule has 1 atom stereocenters. The second kappa shape index (κ2) is 11.2. The maximum atomic E-state index is 5.07. The van der Waals surface area contributed by atoms with Crippen molar-refractivity contribution in [3.8, 4) is 0 Å². The lowest BCUT2D eigenvalue weighted by molar-refractivity contribution is 0.285. The average Bonchev–Trinajstić information content (AvgIpc) is 2.88. The summed E-state index contributed by atoms with van der Waals surface area (Å²) in [5.74, 6) is 6.86. The Balaban J connectivity index is 1.52. The molecule has 1 unspecified atom stereocenters. The van der Waals surface area contributed by atoms with Crippen molar-refractivity contribution < 1.29 is 0 Å². The number of hydrogen-bond acceptors (Lipinski definition) is 6. The van der Waals surface area contributed by atoms with E-state index in [9.17, 15) is 0 Å². The predicted molar refractivity (Wildman–Crippen MR) is 139 cm³/mol. The Hall–Kier alpha value is -1.59. The zero-order valence-electron chi connectivity index (χ0n) is 22.0. The monoisotopic (exact) mass is 456 g/mol. The molecule has 6 heteroatoms. The fourth-order valence-electron chi connectivity index (χ4n) is 6.08. The van der Waals surface area contributed by atoms with Crippen LogP contribution in [0.15, 0.2) is 0 Å². The lowest BCUT2D eigenvalue weighted by Gasteiger charge is -2.37. The molecule has 0 N–H and O–H groups in total. The van der Waals surface area contributed by atoms with E-state index >= 15 is 0 Å². The topological polar surface area (TPSA) is 48.4 Å². The van der Waals surface area contributed by atoms with Crippen LogP contribution in [0.1, 0.15) is 86.0 Å². The molecule has 1 aromatic heterocycles. The van der Waals surface area contributed by atoms with Crippen LogP contribution in [0.2, 0.25) is 0 Å². The van der Waals surface area contributed by atoms with Crippen molar-refractivity contribution in [3.63, 3.8) is 0 Å². The van der Waals surface area contributed by atoms with Gasteiger partial charge in [0, 0.05) is 39.3 Å². The van der Waals surface area contributed by atoms with Crippen LogP contribution in [0.4, 0.5) is 17.8 Å². The molecule has 3 fully saturated rings. The smallest absolute Gasteiger partial charge is 0.231 e. The molecular formula is C27H48N6. The molecule has 3 aliphatic rings. The highest BCUT2D eigenvalue weighted by atomic mass is 15.4. The van der Waals surface area contributed by atoms with Gasteiger partial charge in [0.05, 0.1) is 0 Å². The standard InChI is InChI=1S/C27H48N6/c1-6-21(5)24-12-18-33(19-13-24)27-29-25(31-14-8-22(7-2)9-15-31)28-26(30-27)32-16-10-23(11-17-32)20(3)4/h20-24H,6-19H2,1-5H3. The molecule has 0 bridgehead atoms. The van der Waals surface area contributed by atoms with Crippen LogP contribution in [0.5, 0.6) is 0 Å². The van der Waals surface area contributed by atoms with Gasteiger partial charge >= 0.3 is 0 Å². The first-order valence-corrected chi connectivity index (χ1v) is 14.0. The summed E-state index contributed by atoms with van der Waals surface area (Å²) in [7, 11) is 0. The quantitative estimate of drug-likeness (QED) is 0.530. The normalized spacial score (nSPS) is 22.9. The lowest BCUT2D eigenvalue weighted by atomic mass is 9.84.